The highest BCUT2D eigenvalue weighted by molar-refractivity contribution is 7.94. The number of thiophene rings is 2. The molecule has 4 rings (SSSR count). The van der Waals surface area contributed by atoms with Gasteiger partial charge in [0.1, 0.15) is 14.5 Å². The molecule has 3 heterocycles. The lowest BCUT2D eigenvalue weighted by atomic mass is 9.99. The van der Waals surface area contributed by atoms with Crippen molar-refractivity contribution in [2.75, 3.05) is 31.5 Å². The van der Waals surface area contributed by atoms with Gasteiger partial charge in [0.2, 0.25) is 0 Å². The monoisotopic (exact) mass is 599 g/mol. The number of carbonyl (C=O) groups excluding carboxylic acids is 1. The molecule has 0 radical (unpaired) electrons. The average molecular weight is 600 g/mol. The van der Waals surface area contributed by atoms with Gasteiger partial charge < -0.3 is 14.7 Å². The van der Waals surface area contributed by atoms with Gasteiger partial charge >= 0.3 is 0 Å². The van der Waals surface area contributed by atoms with Crippen LogP contribution in [0.3, 0.4) is 0 Å². The van der Waals surface area contributed by atoms with E-state index in [4.69, 9.17) is 4.74 Å². The number of sulfonamides is 2. The highest BCUT2D eigenvalue weighted by Crippen LogP contribution is 2.36. The van der Waals surface area contributed by atoms with Crippen LogP contribution in [-0.4, -0.2) is 75.9 Å². The van der Waals surface area contributed by atoms with Crippen molar-refractivity contribution >= 4 is 54.3 Å². The summed E-state index contributed by atoms with van der Waals surface area (Å²) in [5, 5.41) is 13.2. The maximum Gasteiger partial charge on any atom is 0.271 e. The number of fused-ring (bicyclic) bond motifs is 1. The van der Waals surface area contributed by atoms with Gasteiger partial charge in [-0.2, -0.15) is 4.31 Å². The van der Waals surface area contributed by atoms with E-state index < -0.39 is 38.1 Å². The van der Waals surface area contributed by atoms with E-state index in [2.05, 4.69) is 4.72 Å². The SMILES string of the molecule is C[C@H](CO)N1C[C@H](C)[C@H](CN(C)S(=O)(=O)c2cccs2)Oc2c(NS(=O)(=O)c3cccs3)cccc2C1=O. The lowest BCUT2D eigenvalue weighted by Crippen LogP contribution is -2.50. The molecule has 14 heteroatoms. The second-order valence-electron chi connectivity index (χ2n) is 9.06. The van der Waals surface area contributed by atoms with Crippen LogP contribution in [0.4, 0.5) is 5.69 Å². The first-order valence-corrected chi connectivity index (χ1v) is 16.4. The van der Waals surface area contributed by atoms with Crippen LogP contribution in [0.25, 0.3) is 0 Å². The van der Waals surface area contributed by atoms with E-state index in [9.17, 15) is 26.7 Å². The molecule has 3 aromatic rings. The third-order valence-corrected chi connectivity index (χ3v) is 12.3. The number of rotatable bonds is 9. The molecule has 2 N–H and O–H groups in total. The number of nitrogens with zero attached hydrogens (tertiary/aromatic N) is 2. The van der Waals surface area contributed by atoms with Crippen molar-refractivity contribution in [1.29, 1.82) is 0 Å². The number of aliphatic hydroxyl groups excluding tert-OH is 1. The molecule has 0 unspecified atom stereocenters. The van der Waals surface area contributed by atoms with Gasteiger partial charge in [0.05, 0.1) is 30.4 Å². The van der Waals surface area contributed by atoms with Gasteiger partial charge in [0.25, 0.3) is 26.0 Å². The number of carbonyl (C=O) groups is 1. The predicted molar refractivity (Wildman–Crippen MR) is 147 cm³/mol. The van der Waals surface area contributed by atoms with Gasteiger partial charge in [0, 0.05) is 19.5 Å². The van der Waals surface area contributed by atoms with Crippen LogP contribution in [0, 0.1) is 5.92 Å². The summed E-state index contributed by atoms with van der Waals surface area (Å²) in [6.45, 7) is 3.39. The molecule has 0 spiro atoms. The van der Waals surface area contributed by atoms with Crippen molar-refractivity contribution in [2.45, 2.75) is 34.4 Å². The van der Waals surface area contributed by atoms with E-state index >= 15 is 0 Å². The number of ether oxygens (including phenoxy) is 1. The number of hydrogen-bond donors (Lipinski definition) is 2. The predicted octanol–water partition coefficient (Wildman–Crippen LogP) is 3.15. The van der Waals surface area contributed by atoms with E-state index in [1.807, 2.05) is 6.92 Å². The Morgan fingerprint density at radius 1 is 1.11 bits per heavy atom. The average Bonchev–Trinajstić information content (AvgIpc) is 3.61. The smallest absolute Gasteiger partial charge is 0.271 e. The Labute approximate surface area is 230 Å². The van der Waals surface area contributed by atoms with Crippen LogP contribution in [0.1, 0.15) is 24.2 Å². The zero-order valence-electron chi connectivity index (χ0n) is 21.0. The second-order valence-corrected chi connectivity index (χ2v) is 15.1. The molecule has 10 nitrogen and oxygen atoms in total. The molecular weight excluding hydrogens is 571 g/mol. The van der Waals surface area contributed by atoms with Crippen LogP contribution < -0.4 is 9.46 Å². The van der Waals surface area contributed by atoms with Gasteiger partial charge in [-0.3, -0.25) is 9.52 Å². The molecule has 206 valence electrons. The second kappa shape index (κ2) is 11.3. The van der Waals surface area contributed by atoms with Crippen LogP contribution in [0.2, 0.25) is 0 Å². The molecule has 0 saturated carbocycles. The number of benzene rings is 1. The zero-order chi connectivity index (χ0) is 27.7. The quantitative estimate of drug-likeness (QED) is 0.386. The first kappa shape index (κ1) is 28.5. The van der Waals surface area contributed by atoms with Crippen molar-refractivity contribution in [1.82, 2.24) is 9.21 Å². The van der Waals surface area contributed by atoms with Gasteiger partial charge in [-0.15, -0.1) is 22.7 Å². The molecule has 1 aliphatic rings. The largest absolute Gasteiger partial charge is 0.486 e. The summed E-state index contributed by atoms with van der Waals surface area (Å²) in [5.74, 6) is -0.793. The summed E-state index contributed by atoms with van der Waals surface area (Å²) in [6.07, 6.45) is -0.748. The number of para-hydroxylation sites is 1. The van der Waals surface area contributed by atoms with Gasteiger partial charge in [0.15, 0.2) is 5.75 Å². The number of nitrogens with one attached hydrogen (secondary N) is 1. The number of likely N-dealkylation sites (N-methyl/N-ethyl adjacent to an activating group) is 1. The standard InChI is InChI=1S/C24H29N3O7S4/c1-16-13-27(17(2)15-28)24(29)18-7-4-8-19(25-37(30,31)21-9-5-11-35-21)23(18)34-20(16)14-26(3)38(32,33)22-10-6-12-36-22/h4-12,16-17,20,25,28H,13-15H2,1-3H3/t16-,17+,20-/m0/s1. The minimum atomic E-state index is -3.96. The van der Waals surface area contributed by atoms with E-state index in [-0.39, 0.29) is 51.0 Å². The molecule has 2 aromatic heterocycles. The third-order valence-electron chi connectivity index (χ3n) is 6.29. The third kappa shape index (κ3) is 5.75. The maximum atomic E-state index is 13.6. The van der Waals surface area contributed by atoms with E-state index in [0.29, 0.717) is 0 Å². The maximum absolute atomic E-state index is 13.6. The Hall–Kier alpha value is -2.49. The minimum Gasteiger partial charge on any atom is -0.486 e. The molecule has 0 saturated heterocycles. The topological polar surface area (TPSA) is 133 Å². The number of aliphatic hydroxyl groups is 1. The van der Waals surface area contributed by atoms with Gasteiger partial charge in [-0.25, -0.2) is 16.8 Å². The molecule has 3 atom stereocenters. The van der Waals surface area contributed by atoms with Crippen LogP contribution in [0.5, 0.6) is 5.75 Å². The number of amides is 1. The molecule has 0 fully saturated rings. The summed E-state index contributed by atoms with van der Waals surface area (Å²) in [6, 6.07) is 10.3. The first-order chi connectivity index (χ1) is 18.0. The fourth-order valence-electron chi connectivity index (χ4n) is 4.07. The summed E-state index contributed by atoms with van der Waals surface area (Å²) in [7, 11) is -6.30. The zero-order valence-corrected chi connectivity index (χ0v) is 24.2. The van der Waals surface area contributed by atoms with Gasteiger partial charge in [-0.05, 0) is 41.9 Å². The molecule has 1 aliphatic heterocycles. The first-order valence-electron chi connectivity index (χ1n) is 11.7. The van der Waals surface area contributed by atoms with Gasteiger partial charge in [-0.1, -0.05) is 25.1 Å². The fourth-order valence-corrected chi connectivity index (χ4v) is 8.51. The summed E-state index contributed by atoms with van der Waals surface area (Å²) >= 11 is 2.15. The van der Waals surface area contributed by atoms with Crippen LogP contribution in [-0.2, 0) is 20.0 Å². The van der Waals surface area contributed by atoms with Crippen molar-refractivity contribution < 1.29 is 31.5 Å². The van der Waals surface area contributed by atoms with Crippen LogP contribution >= 0.6 is 22.7 Å². The van der Waals surface area contributed by atoms with Crippen molar-refractivity contribution in [3.8, 4) is 5.75 Å². The molecule has 0 bridgehead atoms. The summed E-state index contributed by atoms with van der Waals surface area (Å²) in [4.78, 5) is 15.1. The minimum absolute atomic E-state index is 0.00578. The summed E-state index contributed by atoms with van der Waals surface area (Å²) < 4.78 is 62.6. The molecule has 1 amide bonds. The van der Waals surface area contributed by atoms with Crippen molar-refractivity contribution in [3.05, 3.63) is 58.8 Å². The normalized spacial score (nSPS) is 19.4. The van der Waals surface area contributed by atoms with Crippen molar-refractivity contribution in [2.24, 2.45) is 5.92 Å². The molecule has 1 aromatic carbocycles. The Balaban J connectivity index is 1.76. The lowest BCUT2D eigenvalue weighted by Gasteiger charge is -2.38. The van der Waals surface area contributed by atoms with Crippen LogP contribution in [0.15, 0.2) is 61.6 Å². The Morgan fingerprint density at radius 3 is 2.37 bits per heavy atom. The Bertz CT molecular complexity index is 1470. The fraction of sp³-hybridized carbons (Fsp3) is 0.375. The molecule has 38 heavy (non-hydrogen) atoms. The molecular formula is C24H29N3O7S4. The summed E-state index contributed by atoms with van der Waals surface area (Å²) in [5.41, 5.74) is 0.168. The highest BCUT2D eigenvalue weighted by Gasteiger charge is 2.36. The van der Waals surface area contributed by atoms with E-state index in [0.717, 1.165) is 22.7 Å². The lowest BCUT2D eigenvalue weighted by molar-refractivity contribution is 0.0389. The number of anilines is 1. The van der Waals surface area contributed by atoms with Crippen molar-refractivity contribution in [3.63, 3.8) is 0 Å². The van der Waals surface area contributed by atoms with E-state index in [1.54, 1.807) is 35.9 Å². The Kier molecular flexibility index (Phi) is 8.49. The van der Waals surface area contributed by atoms with E-state index in [1.165, 1.54) is 40.5 Å². The Morgan fingerprint density at radius 2 is 1.76 bits per heavy atom. The number of hydrogen-bond acceptors (Lipinski definition) is 9. The highest BCUT2D eigenvalue weighted by atomic mass is 32.3. The molecule has 0 aliphatic carbocycles.